The summed E-state index contributed by atoms with van der Waals surface area (Å²) in [6, 6.07) is 6.56. The van der Waals surface area contributed by atoms with Crippen LogP contribution in [-0.2, 0) is 16.4 Å². The zero-order valence-corrected chi connectivity index (χ0v) is 18.3. The van der Waals surface area contributed by atoms with Crippen LogP contribution in [0, 0.1) is 5.82 Å². The number of nitrogens with zero attached hydrogens (tertiary/aromatic N) is 2. The monoisotopic (exact) mass is 475 g/mol. The van der Waals surface area contributed by atoms with E-state index in [9.17, 15) is 32.3 Å². The number of rotatable bonds is 6. The van der Waals surface area contributed by atoms with Crippen LogP contribution >= 0.6 is 0 Å². The van der Waals surface area contributed by atoms with Gasteiger partial charge in [0.25, 0.3) is 0 Å². The summed E-state index contributed by atoms with van der Waals surface area (Å²) in [4.78, 5) is 24.9. The Labute approximate surface area is 192 Å². The van der Waals surface area contributed by atoms with Gasteiger partial charge in [-0.05, 0) is 56.5 Å². The van der Waals surface area contributed by atoms with Gasteiger partial charge in [-0.2, -0.15) is 18.3 Å². The van der Waals surface area contributed by atoms with Crippen LogP contribution in [0.1, 0.15) is 54.2 Å². The molecule has 10 heteroatoms. The van der Waals surface area contributed by atoms with Crippen molar-refractivity contribution in [1.82, 2.24) is 9.78 Å². The van der Waals surface area contributed by atoms with Gasteiger partial charge in [0.05, 0.1) is 22.7 Å². The van der Waals surface area contributed by atoms with E-state index in [1.54, 1.807) is 23.1 Å². The van der Waals surface area contributed by atoms with Crippen LogP contribution in [0.2, 0.25) is 0 Å². The van der Waals surface area contributed by atoms with Crippen LogP contribution in [0.15, 0.2) is 48.8 Å². The van der Waals surface area contributed by atoms with E-state index in [1.165, 1.54) is 12.1 Å². The number of carbonyl (C=O) groups excluding carboxylic acids is 1. The fourth-order valence-electron chi connectivity index (χ4n) is 3.88. The zero-order chi connectivity index (χ0) is 24.8. The fraction of sp³-hybridized carbons (Fsp3) is 0.292. The molecular formula is C24H21F4N3O3. The van der Waals surface area contributed by atoms with Crippen molar-refractivity contribution < 1.29 is 32.3 Å². The lowest BCUT2D eigenvalue weighted by molar-refractivity contribution is -0.137. The van der Waals surface area contributed by atoms with Crippen molar-refractivity contribution in [1.29, 1.82) is 0 Å². The van der Waals surface area contributed by atoms with Crippen LogP contribution < -0.4 is 5.32 Å². The Hall–Kier alpha value is -3.69. The van der Waals surface area contributed by atoms with E-state index in [4.69, 9.17) is 0 Å². The Morgan fingerprint density at radius 3 is 2.38 bits per heavy atom. The average molecular weight is 475 g/mol. The molecule has 1 saturated carbocycles. The van der Waals surface area contributed by atoms with Gasteiger partial charge < -0.3 is 10.4 Å². The molecule has 1 fully saturated rings. The van der Waals surface area contributed by atoms with Gasteiger partial charge in [-0.1, -0.05) is 12.1 Å². The van der Waals surface area contributed by atoms with Gasteiger partial charge in [-0.25, -0.2) is 9.18 Å². The van der Waals surface area contributed by atoms with Gasteiger partial charge in [0.2, 0.25) is 5.91 Å². The minimum atomic E-state index is -4.70. The third-order valence-corrected chi connectivity index (χ3v) is 5.95. The number of benzene rings is 2. The molecule has 0 spiro atoms. The van der Waals surface area contributed by atoms with E-state index in [-0.39, 0.29) is 35.7 Å². The zero-order valence-electron chi connectivity index (χ0n) is 18.3. The van der Waals surface area contributed by atoms with Gasteiger partial charge in [0.15, 0.2) is 0 Å². The molecule has 1 heterocycles. The van der Waals surface area contributed by atoms with Gasteiger partial charge >= 0.3 is 12.1 Å². The molecule has 0 unspecified atom stereocenters. The van der Waals surface area contributed by atoms with Crippen LogP contribution in [0.5, 0.6) is 0 Å². The number of nitrogens with one attached hydrogen (secondary N) is 1. The number of hydrogen-bond acceptors (Lipinski definition) is 3. The SMILES string of the molecule is CC(C)n1cc(-c2ccc(NC(=O)C3(c4ccc(C(F)(F)F)cc4F)CC3)cc2C(=O)O)cn1. The van der Waals surface area contributed by atoms with Crippen molar-refractivity contribution in [3.8, 4) is 11.1 Å². The van der Waals surface area contributed by atoms with E-state index in [0.29, 0.717) is 17.2 Å². The molecule has 2 N–H and O–H groups in total. The van der Waals surface area contributed by atoms with E-state index in [2.05, 4.69) is 10.4 Å². The second-order valence-corrected chi connectivity index (χ2v) is 8.60. The molecule has 4 rings (SSSR count). The molecule has 0 atom stereocenters. The molecule has 1 aliphatic rings. The third-order valence-electron chi connectivity index (χ3n) is 5.95. The number of carboxylic acids is 1. The highest BCUT2D eigenvalue weighted by molar-refractivity contribution is 6.03. The predicted molar refractivity (Wildman–Crippen MR) is 116 cm³/mol. The van der Waals surface area contributed by atoms with E-state index in [1.807, 2.05) is 13.8 Å². The molecule has 0 bridgehead atoms. The minimum absolute atomic E-state index is 0.0633. The third kappa shape index (κ3) is 4.27. The van der Waals surface area contributed by atoms with Crippen molar-refractivity contribution in [3.63, 3.8) is 0 Å². The molecule has 1 aromatic heterocycles. The summed E-state index contributed by atoms with van der Waals surface area (Å²) in [6.07, 6.45) is -0.901. The summed E-state index contributed by atoms with van der Waals surface area (Å²) < 4.78 is 54.8. The quantitative estimate of drug-likeness (QED) is 0.451. The topological polar surface area (TPSA) is 84.2 Å². The molecule has 0 saturated heterocycles. The second-order valence-electron chi connectivity index (χ2n) is 8.60. The molecule has 0 radical (unpaired) electrons. The summed E-state index contributed by atoms with van der Waals surface area (Å²) in [7, 11) is 0. The number of aromatic carboxylic acids is 1. The van der Waals surface area contributed by atoms with Crippen molar-refractivity contribution in [3.05, 3.63) is 71.3 Å². The van der Waals surface area contributed by atoms with Crippen LogP contribution in [-0.4, -0.2) is 26.8 Å². The van der Waals surface area contributed by atoms with Crippen molar-refractivity contribution >= 4 is 17.6 Å². The minimum Gasteiger partial charge on any atom is -0.478 e. The lowest BCUT2D eigenvalue weighted by Crippen LogP contribution is -2.29. The number of alkyl halides is 3. The van der Waals surface area contributed by atoms with Crippen molar-refractivity contribution in [2.75, 3.05) is 5.32 Å². The molecule has 2 aromatic carbocycles. The van der Waals surface area contributed by atoms with Crippen LogP contribution in [0.3, 0.4) is 0 Å². The second kappa shape index (κ2) is 8.27. The molecule has 0 aliphatic heterocycles. The number of halogens is 4. The summed E-state index contributed by atoms with van der Waals surface area (Å²) in [5.41, 5.74) is -1.43. The van der Waals surface area contributed by atoms with Gasteiger partial charge in [0, 0.05) is 29.1 Å². The molecule has 6 nitrogen and oxygen atoms in total. The molecule has 34 heavy (non-hydrogen) atoms. The van der Waals surface area contributed by atoms with Gasteiger partial charge in [0.1, 0.15) is 5.82 Å². The maximum absolute atomic E-state index is 14.5. The number of carbonyl (C=O) groups is 2. The maximum Gasteiger partial charge on any atom is 0.416 e. The molecule has 1 aliphatic carbocycles. The first kappa shape index (κ1) is 23.5. The summed E-state index contributed by atoms with van der Waals surface area (Å²) in [5.74, 6) is -2.92. The average Bonchev–Trinajstić information content (AvgIpc) is 3.41. The molecule has 178 valence electrons. The van der Waals surface area contributed by atoms with E-state index >= 15 is 0 Å². The first-order valence-electron chi connectivity index (χ1n) is 10.5. The largest absolute Gasteiger partial charge is 0.478 e. The first-order chi connectivity index (χ1) is 15.9. The normalized spacial score (nSPS) is 14.8. The molecule has 3 aromatic rings. The highest BCUT2D eigenvalue weighted by atomic mass is 19.4. The fourth-order valence-corrected chi connectivity index (χ4v) is 3.88. The molecule has 1 amide bonds. The Bertz CT molecular complexity index is 1280. The van der Waals surface area contributed by atoms with Gasteiger partial charge in [-0.15, -0.1) is 0 Å². The van der Waals surface area contributed by atoms with Crippen molar-refractivity contribution in [2.24, 2.45) is 0 Å². The lowest BCUT2D eigenvalue weighted by Gasteiger charge is -2.18. The predicted octanol–water partition coefficient (Wildman–Crippen LogP) is 5.66. The Kier molecular flexibility index (Phi) is 5.71. The smallest absolute Gasteiger partial charge is 0.416 e. The first-order valence-corrected chi connectivity index (χ1v) is 10.5. The number of carboxylic acid groups (broad SMARTS) is 1. The van der Waals surface area contributed by atoms with Crippen LogP contribution in [0.25, 0.3) is 11.1 Å². The lowest BCUT2D eigenvalue weighted by atomic mass is 9.93. The highest BCUT2D eigenvalue weighted by Gasteiger charge is 2.53. The van der Waals surface area contributed by atoms with Gasteiger partial charge in [-0.3, -0.25) is 9.48 Å². The Morgan fingerprint density at radius 1 is 1.15 bits per heavy atom. The highest BCUT2D eigenvalue weighted by Crippen LogP contribution is 2.50. The Balaban J connectivity index is 1.61. The summed E-state index contributed by atoms with van der Waals surface area (Å²) >= 11 is 0. The maximum atomic E-state index is 14.5. The van der Waals surface area contributed by atoms with Crippen LogP contribution in [0.4, 0.5) is 23.2 Å². The standard InChI is InChI=1S/C24H21F4N3O3/c1-13(2)31-12-14(11-29-31)17-5-4-16(10-18(17)21(32)33)30-22(34)23(7-8-23)19-6-3-15(9-20(19)25)24(26,27)28/h3-6,9-13H,7-8H2,1-2H3,(H,30,34)(H,32,33). The van der Waals surface area contributed by atoms with E-state index < -0.39 is 34.8 Å². The summed E-state index contributed by atoms with van der Waals surface area (Å²) in [6.45, 7) is 3.86. The number of hydrogen-bond donors (Lipinski definition) is 2. The summed E-state index contributed by atoms with van der Waals surface area (Å²) in [5, 5.41) is 16.5. The number of anilines is 1. The number of aromatic nitrogens is 2. The molecular weight excluding hydrogens is 454 g/mol. The Morgan fingerprint density at radius 2 is 1.85 bits per heavy atom. The van der Waals surface area contributed by atoms with E-state index in [0.717, 1.165) is 12.1 Å². The number of amides is 1. The van der Waals surface area contributed by atoms with Crippen molar-refractivity contribution in [2.45, 2.75) is 44.3 Å².